The number of aromatic nitrogens is 3. The van der Waals surface area contributed by atoms with Crippen molar-refractivity contribution in [3.05, 3.63) is 24.2 Å². The lowest BCUT2D eigenvalue weighted by Crippen LogP contribution is -2.21. The SMILES string of the molecule is CC(C)c1cc2c(N3CCC(CBr)C3)nccn2n1. The summed E-state index contributed by atoms with van der Waals surface area (Å²) in [4.78, 5) is 6.96. The summed E-state index contributed by atoms with van der Waals surface area (Å²) in [6, 6.07) is 2.18. The molecule has 0 spiro atoms. The van der Waals surface area contributed by atoms with Crippen LogP contribution >= 0.6 is 15.9 Å². The van der Waals surface area contributed by atoms with E-state index in [9.17, 15) is 0 Å². The molecule has 102 valence electrons. The van der Waals surface area contributed by atoms with Crippen LogP contribution in [-0.2, 0) is 0 Å². The van der Waals surface area contributed by atoms with Gasteiger partial charge in [-0.25, -0.2) is 9.50 Å². The highest BCUT2D eigenvalue weighted by Gasteiger charge is 2.24. The van der Waals surface area contributed by atoms with Crippen LogP contribution in [0.5, 0.6) is 0 Å². The third-order valence-electron chi connectivity index (χ3n) is 3.78. The Kier molecular flexibility index (Phi) is 3.48. The zero-order valence-corrected chi connectivity index (χ0v) is 13.0. The Bertz CT molecular complexity index is 578. The van der Waals surface area contributed by atoms with E-state index in [-0.39, 0.29) is 0 Å². The van der Waals surface area contributed by atoms with E-state index in [0.717, 1.165) is 41.4 Å². The molecule has 0 saturated carbocycles. The highest BCUT2D eigenvalue weighted by Crippen LogP contribution is 2.28. The minimum absolute atomic E-state index is 0.446. The van der Waals surface area contributed by atoms with Gasteiger partial charge in [-0.05, 0) is 24.3 Å². The molecule has 1 fully saturated rings. The number of nitrogens with zero attached hydrogens (tertiary/aromatic N) is 4. The number of hydrogen-bond donors (Lipinski definition) is 0. The van der Waals surface area contributed by atoms with Crippen LogP contribution in [0, 0.1) is 5.92 Å². The Balaban J connectivity index is 1.99. The van der Waals surface area contributed by atoms with E-state index < -0.39 is 0 Å². The molecule has 2 aromatic rings. The zero-order chi connectivity index (χ0) is 13.4. The molecule has 2 aromatic heterocycles. The molecule has 5 heteroatoms. The van der Waals surface area contributed by atoms with Crippen molar-refractivity contribution in [1.82, 2.24) is 14.6 Å². The molecule has 0 aromatic carbocycles. The number of fused-ring (bicyclic) bond motifs is 1. The van der Waals surface area contributed by atoms with E-state index in [1.165, 1.54) is 6.42 Å². The topological polar surface area (TPSA) is 33.4 Å². The van der Waals surface area contributed by atoms with Crippen molar-refractivity contribution < 1.29 is 0 Å². The molecule has 1 atom stereocenters. The lowest BCUT2D eigenvalue weighted by atomic mass is 10.1. The lowest BCUT2D eigenvalue weighted by molar-refractivity contribution is 0.675. The maximum atomic E-state index is 4.62. The van der Waals surface area contributed by atoms with Crippen molar-refractivity contribution in [2.45, 2.75) is 26.2 Å². The summed E-state index contributed by atoms with van der Waals surface area (Å²) in [6.45, 7) is 6.52. The van der Waals surface area contributed by atoms with E-state index in [4.69, 9.17) is 0 Å². The standard InChI is InChI=1S/C14H19BrN4/c1-10(2)12-7-13-14(16-4-6-19(13)17-12)18-5-3-11(8-15)9-18/h4,6-7,10-11H,3,5,8-9H2,1-2H3. The Morgan fingerprint density at radius 1 is 1.47 bits per heavy atom. The first-order chi connectivity index (χ1) is 9.19. The Hall–Kier alpha value is -1.10. The van der Waals surface area contributed by atoms with Crippen LogP contribution in [0.25, 0.3) is 5.52 Å². The lowest BCUT2D eigenvalue weighted by Gasteiger charge is -2.17. The molecule has 0 radical (unpaired) electrons. The monoisotopic (exact) mass is 322 g/mol. The molecule has 1 unspecified atom stereocenters. The van der Waals surface area contributed by atoms with E-state index in [0.29, 0.717) is 5.92 Å². The second-order valence-corrected chi connectivity index (χ2v) is 6.21. The number of anilines is 1. The minimum Gasteiger partial charge on any atom is -0.355 e. The first-order valence-corrected chi connectivity index (χ1v) is 7.96. The van der Waals surface area contributed by atoms with Gasteiger partial charge >= 0.3 is 0 Å². The van der Waals surface area contributed by atoms with Crippen molar-refractivity contribution >= 4 is 27.3 Å². The van der Waals surface area contributed by atoms with Crippen molar-refractivity contribution in [3.8, 4) is 0 Å². The third kappa shape index (κ3) is 2.36. The van der Waals surface area contributed by atoms with Gasteiger partial charge in [-0.2, -0.15) is 5.10 Å². The first-order valence-electron chi connectivity index (χ1n) is 6.84. The third-order valence-corrected chi connectivity index (χ3v) is 4.70. The van der Waals surface area contributed by atoms with Gasteiger partial charge in [0.05, 0.1) is 5.69 Å². The average molecular weight is 323 g/mol. The fourth-order valence-corrected chi connectivity index (χ4v) is 3.13. The van der Waals surface area contributed by atoms with Gasteiger partial charge in [0.15, 0.2) is 5.82 Å². The van der Waals surface area contributed by atoms with Crippen molar-refractivity contribution in [2.75, 3.05) is 23.3 Å². The number of halogens is 1. The summed E-state index contributed by atoms with van der Waals surface area (Å²) in [5, 5.41) is 5.70. The predicted molar refractivity (Wildman–Crippen MR) is 81.2 cm³/mol. The molecule has 3 rings (SSSR count). The molecule has 3 heterocycles. The molecule has 1 aliphatic heterocycles. The summed E-state index contributed by atoms with van der Waals surface area (Å²) in [5.74, 6) is 2.25. The highest BCUT2D eigenvalue weighted by molar-refractivity contribution is 9.09. The molecule has 1 saturated heterocycles. The summed E-state index contributed by atoms with van der Waals surface area (Å²) in [7, 11) is 0. The average Bonchev–Trinajstić information content (AvgIpc) is 3.04. The Morgan fingerprint density at radius 3 is 3.00 bits per heavy atom. The van der Waals surface area contributed by atoms with Gasteiger partial charge < -0.3 is 4.90 Å². The second-order valence-electron chi connectivity index (χ2n) is 5.56. The van der Waals surface area contributed by atoms with Crippen molar-refractivity contribution in [3.63, 3.8) is 0 Å². The molecular formula is C14H19BrN4. The van der Waals surface area contributed by atoms with Gasteiger partial charge in [0.1, 0.15) is 5.52 Å². The van der Waals surface area contributed by atoms with Crippen LogP contribution in [0.15, 0.2) is 18.5 Å². The fourth-order valence-electron chi connectivity index (χ4n) is 2.60. The zero-order valence-electron chi connectivity index (χ0n) is 11.4. The molecule has 0 amide bonds. The van der Waals surface area contributed by atoms with Gasteiger partial charge in [-0.15, -0.1) is 0 Å². The second kappa shape index (κ2) is 5.12. The minimum atomic E-state index is 0.446. The Morgan fingerprint density at radius 2 is 2.32 bits per heavy atom. The van der Waals surface area contributed by atoms with Crippen LogP contribution < -0.4 is 4.90 Å². The van der Waals surface area contributed by atoms with E-state index >= 15 is 0 Å². The molecule has 0 N–H and O–H groups in total. The van der Waals surface area contributed by atoms with E-state index in [2.05, 4.69) is 50.8 Å². The quantitative estimate of drug-likeness (QED) is 0.814. The van der Waals surface area contributed by atoms with Gasteiger partial charge in [0, 0.05) is 30.8 Å². The summed E-state index contributed by atoms with van der Waals surface area (Å²) >= 11 is 3.58. The van der Waals surface area contributed by atoms with Crippen LogP contribution in [0.2, 0.25) is 0 Å². The van der Waals surface area contributed by atoms with Crippen LogP contribution in [-0.4, -0.2) is 33.0 Å². The van der Waals surface area contributed by atoms with E-state index in [1.54, 1.807) is 0 Å². The van der Waals surface area contributed by atoms with Gasteiger partial charge in [0.25, 0.3) is 0 Å². The number of rotatable bonds is 3. The van der Waals surface area contributed by atoms with Gasteiger partial charge in [0.2, 0.25) is 0 Å². The Labute approximate surface area is 121 Å². The number of alkyl halides is 1. The van der Waals surface area contributed by atoms with E-state index in [1.807, 2.05) is 16.9 Å². The summed E-state index contributed by atoms with van der Waals surface area (Å²) in [6.07, 6.45) is 5.02. The molecule has 1 aliphatic rings. The van der Waals surface area contributed by atoms with Crippen molar-refractivity contribution in [2.24, 2.45) is 5.92 Å². The summed E-state index contributed by atoms with van der Waals surface area (Å²) in [5.41, 5.74) is 2.26. The normalized spacial score (nSPS) is 19.8. The molecular weight excluding hydrogens is 304 g/mol. The first kappa shape index (κ1) is 12.9. The fraction of sp³-hybridized carbons (Fsp3) is 0.571. The van der Waals surface area contributed by atoms with Gasteiger partial charge in [-0.3, -0.25) is 0 Å². The van der Waals surface area contributed by atoms with Crippen LogP contribution in [0.3, 0.4) is 0 Å². The molecule has 0 bridgehead atoms. The largest absolute Gasteiger partial charge is 0.355 e. The number of hydrogen-bond acceptors (Lipinski definition) is 3. The van der Waals surface area contributed by atoms with Crippen molar-refractivity contribution in [1.29, 1.82) is 0 Å². The molecule has 4 nitrogen and oxygen atoms in total. The van der Waals surface area contributed by atoms with Crippen LogP contribution in [0.4, 0.5) is 5.82 Å². The smallest absolute Gasteiger partial charge is 0.154 e. The highest BCUT2D eigenvalue weighted by atomic mass is 79.9. The van der Waals surface area contributed by atoms with Gasteiger partial charge in [-0.1, -0.05) is 29.8 Å². The molecule has 19 heavy (non-hydrogen) atoms. The summed E-state index contributed by atoms with van der Waals surface area (Å²) < 4.78 is 1.96. The predicted octanol–water partition coefficient (Wildman–Crippen LogP) is 3.07. The maximum absolute atomic E-state index is 4.62. The maximum Gasteiger partial charge on any atom is 0.154 e. The van der Waals surface area contributed by atoms with Crippen LogP contribution in [0.1, 0.15) is 31.9 Å². The molecule has 0 aliphatic carbocycles.